The lowest BCUT2D eigenvalue weighted by molar-refractivity contribution is -0.119. The van der Waals surface area contributed by atoms with Gasteiger partial charge in [0.25, 0.3) is 5.56 Å². The van der Waals surface area contributed by atoms with Crippen LogP contribution in [0.15, 0.2) is 39.6 Å². The fourth-order valence-electron chi connectivity index (χ4n) is 3.47. The normalized spacial score (nSPS) is 16.4. The molecule has 1 aromatic carbocycles. The zero-order valence-electron chi connectivity index (χ0n) is 16.4. The van der Waals surface area contributed by atoms with Gasteiger partial charge in [-0.25, -0.2) is 4.98 Å². The third kappa shape index (κ3) is 4.39. The summed E-state index contributed by atoms with van der Waals surface area (Å²) in [6.45, 7) is 5.30. The number of ether oxygens (including phenoxy) is 1. The molecule has 1 atom stereocenters. The molecule has 0 radical (unpaired) electrons. The minimum absolute atomic E-state index is 0.0858. The summed E-state index contributed by atoms with van der Waals surface area (Å²) in [6.07, 6.45) is 2.13. The van der Waals surface area contributed by atoms with Gasteiger partial charge >= 0.3 is 0 Å². The van der Waals surface area contributed by atoms with E-state index in [-0.39, 0.29) is 23.3 Å². The molecule has 1 amide bonds. The van der Waals surface area contributed by atoms with E-state index in [9.17, 15) is 9.59 Å². The smallest absolute Gasteiger partial charge is 0.276 e. The second kappa shape index (κ2) is 8.69. The van der Waals surface area contributed by atoms with Crippen molar-refractivity contribution < 1.29 is 9.53 Å². The van der Waals surface area contributed by atoms with Gasteiger partial charge in [0, 0.05) is 13.2 Å². The van der Waals surface area contributed by atoms with Crippen LogP contribution in [0.2, 0.25) is 0 Å². The van der Waals surface area contributed by atoms with E-state index >= 15 is 0 Å². The summed E-state index contributed by atoms with van der Waals surface area (Å²) in [4.78, 5) is 30.2. The van der Waals surface area contributed by atoms with Crippen molar-refractivity contribution in [2.45, 2.75) is 37.9 Å². The van der Waals surface area contributed by atoms with Crippen molar-refractivity contribution in [1.82, 2.24) is 14.9 Å². The number of hydrogen-bond acceptors (Lipinski definition) is 6. The fraction of sp³-hybridized carbons (Fsp3) is 0.381. The van der Waals surface area contributed by atoms with E-state index in [1.165, 1.54) is 23.1 Å². The SMILES string of the molecule is Cc1ccc(-n2c(SCC(=O)NCC3CCCO3)nc3ccsc3c2=O)c(C)c1. The summed E-state index contributed by atoms with van der Waals surface area (Å²) in [5, 5.41) is 5.32. The van der Waals surface area contributed by atoms with E-state index in [1.54, 1.807) is 4.57 Å². The summed E-state index contributed by atoms with van der Waals surface area (Å²) in [7, 11) is 0. The van der Waals surface area contributed by atoms with E-state index in [0.29, 0.717) is 21.9 Å². The van der Waals surface area contributed by atoms with E-state index < -0.39 is 0 Å². The van der Waals surface area contributed by atoms with Gasteiger partial charge in [-0.2, -0.15) is 0 Å². The third-order valence-electron chi connectivity index (χ3n) is 4.93. The van der Waals surface area contributed by atoms with Crippen LogP contribution in [-0.4, -0.2) is 40.5 Å². The molecule has 0 saturated carbocycles. The van der Waals surface area contributed by atoms with Crippen LogP contribution in [0.5, 0.6) is 0 Å². The molecule has 1 saturated heterocycles. The molecule has 1 fully saturated rings. The molecule has 8 heteroatoms. The second-order valence-electron chi connectivity index (χ2n) is 7.19. The van der Waals surface area contributed by atoms with Crippen LogP contribution in [0.4, 0.5) is 0 Å². The maximum absolute atomic E-state index is 13.2. The van der Waals surface area contributed by atoms with Gasteiger partial charge in [0.05, 0.1) is 23.1 Å². The van der Waals surface area contributed by atoms with E-state index in [2.05, 4.69) is 10.3 Å². The summed E-state index contributed by atoms with van der Waals surface area (Å²) in [6, 6.07) is 7.81. The fourth-order valence-corrected chi connectivity index (χ4v) is 5.07. The number of aryl methyl sites for hydroxylation is 2. The van der Waals surface area contributed by atoms with Crippen molar-refractivity contribution in [2.75, 3.05) is 18.9 Å². The lowest BCUT2D eigenvalue weighted by atomic mass is 10.1. The highest BCUT2D eigenvalue weighted by molar-refractivity contribution is 7.99. The van der Waals surface area contributed by atoms with Crippen molar-refractivity contribution in [3.05, 3.63) is 51.1 Å². The van der Waals surface area contributed by atoms with Gasteiger partial charge in [-0.05, 0) is 49.8 Å². The Morgan fingerprint density at radius 1 is 1.38 bits per heavy atom. The van der Waals surface area contributed by atoms with Gasteiger partial charge in [-0.1, -0.05) is 29.5 Å². The Balaban J connectivity index is 1.60. The quantitative estimate of drug-likeness (QED) is 0.480. The highest BCUT2D eigenvalue weighted by atomic mass is 32.2. The molecule has 0 aliphatic carbocycles. The molecule has 1 unspecified atom stereocenters. The largest absolute Gasteiger partial charge is 0.376 e. The van der Waals surface area contributed by atoms with E-state index in [4.69, 9.17) is 4.74 Å². The molecule has 0 spiro atoms. The molecule has 6 nitrogen and oxygen atoms in total. The average Bonchev–Trinajstić information content (AvgIpc) is 3.37. The van der Waals surface area contributed by atoms with Crippen molar-refractivity contribution >= 4 is 39.2 Å². The van der Waals surface area contributed by atoms with Gasteiger partial charge in [0.15, 0.2) is 5.16 Å². The molecule has 3 heterocycles. The van der Waals surface area contributed by atoms with Crippen LogP contribution < -0.4 is 10.9 Å². The van der Waals surface area contributed by atoms with Crippen LogP contribution >= 0.6 is 23.1 Å². The van der Waals surface area contributed by atoms with Crippen LogP contribution in [0.1, 0.15) is 24.0 Å². The molecule has 1 N–H and O–H groups in total. The predicted octanol–water partition coefficient (Wildman–Crippen LogP) is 3.45. The number of fused-ring (bicyclic) bond motifs is 1. The molecule has 1 aliphatic rings. The molecule has 3 aromatic rings. The number of benzene rings is 1. The van der Waals surface area contributed by atoms with Gasteiger partial charge in [-0.15, -0.1) is 11.3 Å². The molecular weight excluding hydrogens is 406 g/mol. The standard InChI is InChI=1S/C21H23N3O3S2/c1-13-5-6-17(14(2)10-13)24-20(26)19-16(7-9-28-19)23-21(24)29-12-18(25)22-11-15-4-3-8-27-15/h5-7,9-10,15H,3-4,8,11-12H2,1-2H3,(H,22,25). The highest BCUT2D eigenvalue weighted by Gasteiger charge is 2.19. The number of carbonyl (C=O) groups excluding carboxylic acids is 1. The topological polar surface area (TPSA) is 73.2 Å². The zero-order valence-corrected chi connectivity index (χ0v) is 18.1. The molecule has 29 heavy (non-hydrogen) atoms. The minimum Gasteiger partial charge on any atom is -0.376 e. The first kappa shape index (κ1) is 20.1. The lowest BCUT2D eigenvalue weighted by Crippen LogP contribution is -2.33. The Kier molecular flexibility index (Phi) is 6.03. The molecule has 2 aromatic heterocycles. The lowest BCUT2D eigenvalue weighted by Gasteiger charge is -2.15. The number of aromatic nitrogens is 2. The van der Waals surface area contributed by atoms with Crippen molar-refractivity contribution in [2.24, 2.45) is 0 Å². The van der Waals surface area contributed by atoms with Gasteiger partial charge < -0.3 is 10.1 Å². The van der Waals surface area contributed by atoms with E-state index in [1.807, 2.05) is 43.5 Å². The summed E-state index contributed by atoms with van der Waals surface area (Å²) < 4.78 is 7.80. The molecule has 1 aliphatic heterocycles. The highest BCUT2D eigenvalue weighted by Crippen LogP contribution is 2.25. The number of rotatable bonds is 6. The Morgan fingerprint density at radius 3 is 3.00 bits per heavy atom. The summed E-state index contributed by atoms with van der Waals surface area (Å²) in [5.74, 6) is 0.108. The van der Waals surface area contributed by atoms with Crippen LogP contribution in [0.3, 0.4) is 0 Å². The van der Waals surface area contributed by atoms with Crippen molar-refractivity contribution in [3.8, 4) is 5.69 Å². The van der Waals surface area contributed by atoms with Crippen LogP contribution in [-0.2, 0) is 9.53 Å². The molecule has 0 bridgehead atoms. The third-order valence-corrected chi connectivity index (χ3v) is 6.76. The number of amides is 1. The first-order valence-electron chi connectivity index (χ1n) is 9.62. The number of carbonyl (C=O) groups is 1. The Bertz CT molecular complexity index is 1100. The zero-order chi connectivity index (χ0) is 20.4. The summed E-state index contributed by atoms with van der Waals surface area (Å²) in [5.41, 5.74) is 3.50. The monoisotopic (exact) mass is 429 g/mol. The first-order valence-corrected chi connectivity index (χ1v) is 11.5. The maximum Gasteiger partial charge on any atom is 0.276 e. The van der Waals surface area contributed by atoms with Gasteiger partial charge in [0.2, 0.25) is 5.91 Å². The van der Waals surface area contributed by atoms with Crippen molar-refractivity contribution in [3.63, 3.8) is 0 Å². The Labute approximate surface area is 177 Å². The van der Waals surface area contributed by atoms with Gasteiger partial charge in [0.1, 0.15) is 4.70 Å². The van der Waals surface area contributed by atoms with Crippen LogP contribution in [0.25, 0.3) is 15.9 Å². The van der Waals surface area contributed by atoms with Gasteiger partial charge in [-0.3, -0.25) is 14.2 Å². The Morgan fingerprint density at radius 2 is 2.24 bits per heavy atom. The predicted molar refractivity (Wildman–Crippen MR) is 117 cm³/mol. The molecule has 4 rings (SSSR count). The number of thioether (sulfide) groups is 1. The van der Waals surface area contributed by atoms with Crippen molar-refractivity contribution in [1.29, 1.82) is 0 Å². The number of nitrogens with one attached hydrogen (secondary N) is 1. The number of thiophene rings is 1. The maximum atomic E-state index is 13.2. The van der Waals surface area contributed by atoms with Crippen LogP contribution in [0, 0.1) is 13.8 Å². The number of nitrogens with zero attached hydrogens (tertiary/aromatic N) is 2. The molecular formula is C21H23N3O3S2. The first-order chi connectivity index (χ1) is 14.0. The number of hydrogen-bond donors (Lipinski definition) is 1. The van der Waals surface area contributed by atoms with E-state index in [0.717, 1.165) is 36.3 Å². The average molecular weight is 430 g/mol. The second-order valence-corrected chi connectivity index (χ2v) is 9.05. The summed E-state index contributed by atoms with van der Waals surface area (Å²) >= 11 is 2.67. The molecule has 152 valence electrons. The Hall–Kier alpha value is -2.16. The minimum atomic E-state index is -0.0979.